The van der Waals surface area contributed by atoms with Crippen molar-refractivity contribution in [2.24, 2.45) is 0 Å². The van der Waals surface area contributed by atoms with E-state index < -0.39 is 17.1 Å². The van der Waals surface area contributed by atoms with Crippen LogP contribution in [0.1, 0.15) is 6.92 Å². The average molecular weight is 236 g/mol. The molecule has 17 heavy (non-hydrogen) atoms. The Morgan fingerprint density at radius 2 is 1.82 bits per heavy atom. The minimum atomic E-state index is -0.879. The summed E-state index contributed by atoms with van der Waals surface area (Å²) in [4.78, 5) is 47.6. The zero-order chi connectivity index (χ0) is 12.4. The maximum absolute atomic E-state index is 11.8. The van der Waals surface area contributed by atoms with Gasteiger partial charge in [0, 0.05) is 6.54 Å². The van der Waals surface area contributed by atoms with E-state index in [2.05, 4.69) is 15.0 Å². The van der Waals surface area contributed by atoms with E-state index in [1.165, 1.54) is 0 Å². The summed E-state index contributed by atoms with van der Waals surface area (Å²) >= 11 is 0. The minimum Gasteiger partial charge on any atom is -0.258 e. The molecule has 0 fully saturated rings. The summed E-state index contributed by atoms with van der Waals surface area (Å²) in [6.45, 7) is 1.75. The molecule has 2 aromatic rings. The second-order valence-corrected chi connectivity index (χ2v) is 3.04. The predicted octanol–water partition coefficient (Wildman–Crippen LogP) is -2.11. The van der Waals surface area contributed by atoms with Gasteiger partial charge in [0.2, 0.25) is 5.95 Å². The molecule has 0 amide bonds. The molecule has 0 aliphatic heterocycles. The second-order valence-electron chi connectivity index (χ2n) is 3.04. The molecule has 0 atom stereocenters. The number of hydrogen-bond acceptors (Lipinski definition) is 6. The molecule has 0 bridgehead atoms. The Balaban J connectivity index is 2.85. The van der Waals surface area contributed by atoms with E-state index in [-0.39, 0.29) is 12.5 Å². The summed E-state index contributed by atoms with van der Waals surface area (Å²) in [6.07, 6.45) is 2.30. The van der Waals surface area contributed by atoms with Crippen LogP contribution >= 0.6 is 0 Å². The van der Waals surface area contributed by atoms with E-state index in [0.717, 1.165) is 17.2 Å². The topological polar surface area (TPSA) is 116 Å². The van der Waals surface area contributed by atoms with Crippen molar-refractivity contribution in [2.75, 3.05) is 0 Å². The molecule has 2 heterocycles. The van der Waals surface area contributed by atoms with Gasteiger partial charge in [-0.05, 0) is 6.92 Å². The first-order chi connectivity index (χ1) is 8.15. The Bertz CT molecular complexity index is 698. The van der Waals surface area contributed by atoms with Gasteiger partial charge in [-0.3, -0.25) is 4.98 Å². The lowest BCUT2D eigenvalue weighted by molar-refractivity contribution is 0.589. The Morgan fingerprint density at radius 3 is 2.41 bits per heavy atom. The van der Waals surface area contributed by atoms with Gasteiger partial charge in [0.1, 0.15) is 12.7 Å². The fourth-order valence-electron chi connectivity index (χ4n) is 1.31. The molecule has 0 saturated carbocycles. The summed E-state index contributed by atoms with van der Waals surface area (Å²) in [5.74, 6) is -0.131. The van der Waals surface area contributed by atoms with E-state index in [4.69, 9.17) is 0 Å². The van der Waals surface area contributed by atoms with Gasteiger partial charge in [0.15, 0.2) is 0 Å². The molecule has 0 radical (unpaired) electrons. The quantitative estimate of drug-likeness (QED) is 0.638. The van der Waals surface area contributed by atoms with Crippen LogP contribution in [0, 0.1) is 0 Å². The van der Waals surface area contributed by atoms with E-state index in [0.29, 0.717) is 4.57 Å². The van der Waals surface area contributed by atoms with Crippen molar-refractivity contribution < 1.29 is 0 Å². The minimum absolute atomic E-state index is 0.131. The molecular formula is C8H8N6O3. The fraction of sp³-hybridized carbons (Fsp3) is 0.250. The van der Waals surface area contributed by atoms with Crippen LogP contribution in [0.5, 0.6) is 0 Å². The van der Waals surface area contributed by atoms with E-state index in [1.54, 1.807) is 6.92 Å². The van der Waals surface area contributed by atoms with Gasteiger partial charge in [-0.2, -0.15) is 4.57 Å². The molecule has 0 saturated heterocycles. The smallest absolute Gasteiger partial charge is 0.258 e. The number of hydrogen-bond donors (Lipinski definition) is 1. The first kappa shape index (κ1) is 10.9. The zero-order valence-electron chi connectivity index (χ0n) is 8.82. The molecule has 0 aromatic carbocycles. The summed E-state index contributed by atoms with van der Waals surface area (Å²) in [6, 6.07) is 0. The standard InChI is InChI=1S/C8H8N6O3/c1-2-13-6(15)12-7(16)14(8(13)17)5-10-3-9-4-11-5/h3-4H,2H2,1H3,(H,12,15,16). The lowest BCUT2D eigenvalue weighted by Crippen LogP contribution is -2.48. The number of rotatable bonds is 2. The monoisotopic (exact) mass is 236 g/mol. The van der Waals surface area contributed by atoms with Crippen LogP contribution < -0.4 is 17.1 Å². The lowest BCUT2D eigenvalue weighted by Gasteiger charge is -2.04. The largest absolute Gasteiger partial charge is 0.343 e. The highest BCUT2D eigenvalue weighted by Gasteiger charge is 2.11. The third-order valence-electron chi connectivity index (χ3n) is 2.08. The maximum Gasteiger partial charge on any atom is 0.343 e. The van der Waals surface area contributed by atoms with Crippen LogP contribution in [0.2, 0.25) is 0 Å². The molecular weight excluding hydrogens is 228 g/mol. The van der Waals surface area contributed by atoms with Gasteiger partial charge in [0.05, 0.1) is 0 Å². The Morgan fingerprint density at radius 1 is 1.18 bits per heavy atom. The highest BCUT2D eigenvalue weighted by Crippen LogP contribution is 1.85. The highest BCUT2D eigenvalue weighted by molar-refractivity contribution is 5.05. The number of aromatic nitrogens is 6. The number of nitrogens with zero attached hydrogens (tertiary/aromatic N) is 5. The van der Waals surface area contributed by atoms with Gasteiger partial charge in [-0.1, -0.05) is 0 Å². The maximum atomic E-state index is 11.8. The molecule has 0 spiro atoms. The SMILES string of the molecule is CCn1c(=O)[nH]c(=O)n(-c2ncncn2)c1=O. The molecule has 9 heteroatoms. The van der Waals surface area contributed by atoms with E-state index in [9.17, 15) is 14.4 Å². The predicted molar refractivity (Wildman–Crippen MR) is 56.0 cm³/mol. The second kappa shape index (κ2) is 4.12. The van der Waals surface area contributed by atoms with Crippen molar-refractivity contribution in [1.82, 2.24) is 29.1 Å². The first-order valence-electron chi connectivity index (χ1n) is 4.73. The average Bonchev–Trinajstić information content (AvgIpc) is 2.30. The molecule has 0 aliphatic rings. The normalized spacial score (nSPS) is 10.4. The van der Waals surface area contributed by atoms with Crippen LogP contribution in [-0.2, 0) is 6.54 Å². The van der Waals surface area contributed by atoms with Gasteiger partial charge in [-0.15, -0.1) is 0 Å². The van der Waals surface area contributed by atoms with Gasteiger partial charge in [-0.25, -0.2) is 33.9 Å². The molecule has 0 aliphatic carbocycles. The molecule has 88 valence electrons. The molecule has 1 N–H and O–H groups in total. The number of aromatic amines is 1. The van der Waals surface area contributed by atoms with E-state index >= 15 is 0 Å². The first-order valence-corrected chi connectivity index (χ1v) is 4.73. The summed E-state index contributed by atoms with van der Waals surface area (Å²) in [7, 11) is 0. The van der Waals surface area contributed by atoms with Crippen LogP contribution in [0.4, 0.5) is 0 Å². The van der Waals surface area contributed by atoms with Crippen molar-refractivity contribution in [2.45, 2.75) is 13.5 Å². The summed E-state index contributed by atoms with van der Waals surface area (Å²) in [5, 5.41) is 0. The third-order valence-corrected chi connectivity index (χ3v) is 2.08. The number of nitrogens with one attached hydrogen (secondary N) is 1. The van der Waals surface area contributed by atoms with Crippen molar-refractivity contribution in [1.29, 1.82) is 0 Å². The van der Waals surface area contributed by atoms with Crippen LogP contribution in [0.25, 0.3) is 5.95 Å². The van der Waals surface area contributed by atoms with Crippen molar-refractivity contribution in [3.05, 3.63) is 44.1 Å². The molecule has 2 rings (SSSR count). The number of H-pyrrole nitrogens is 1. The Hall–Kier alpha value is -2.58. The highest BCUT2D eigenvalue weighted by atomic mass is 16.2. The molecule has 0 unspecified atom stereocenters. The van der Waals surface area contributed by atoms with Crippen molar-refractivity contribution >= 4 is 0 Å². The summed E-state index contributed by atoms with van der Waals surface area (Å²) in [5.41, 5.74) is -2.42. The third kappa shape index (κ3) is 1.77. The van der Waals surface area contributed by atoms with Crippen molar-refractivity contribution in [3.8, 4) is 5.95 Å². The van der Waals surface area contributed by atoms with Gasteiger partial charge in [0.25, 0.3) is 0 Å². The molecule has 2 aromatic heterocycles. The van der Waals surface area contributed by atoms with Crippen LogP contribution in [0.15, 0.2) is 27.0 Å². The van der Waals surface area contributed by atoms with Crippen LogP contribution in [-0.4, -0.2) is 29.1 Å². The lowest BCUT2D eigenvalue weighted by atomic mass is 10.7. The summed E-state index contributed by atoms with van der Waals surface area (Å²) < 4.78 is 1.54. The van der Waals surface area contributed by atoms with Crippen LogP contribution in [0.3, 0.4) is 0 Å². The Labute approximate surface area is 93.4 Å². The fourth-order valence-corrected chi connectivity index (χ4v) is 1.31. The van der Waals surface area contributed by atoms with E-state index in [1.807, 2.05) is 4.98 Å². The van der Waals surface area contributed by atoms with Gasteiger partial charge >= 0.3 is 17.1 Å². The molecule has 9 nitrogen and oxygen atoms in total. The zero-order valence-corrected chi connectivity index (χ0v) is 8.82. The van der Waals surface area contributed by atoms with Crippen molar-refractivity contribution in [3.63, 3.8) is 0 Å². The Kier molecular flexibility index (Phi) is 2.65. The van der Waals surface area contributed by atoms with Gasteiger partial charge < -0.3 is 0 Å².